The Morgan fingerprint density at radius 3 is 2.90 bits per heavy atom. The van der Waals surface area contributed by atoms with Gasteiger partial charge in [0.1, 0.15) is 11.6 Å². The van der Waals surface area contributed by atoms with Crippen molar-refractivity contribution in [1.82, 2.24) is 10.3 Å². The van der Waals surface area contributed by atoms with Crippen molar-refractivity contribution in [2.24, 2.45) is 0 Å². The third-order valence-corrected chi connectivity index (χ3v) is 2.95. The van der Waals surface area contributed by atoms with Gasteiger partial charge in [0.15, 0.2) is 11.3 Å². The van der Waals surface area contributed by atoms with E-state index in [0.717, 1.165) is 5.69 Å². The standard InChI is InChI=1S/C14H16N2O5/c1-8-3-4-11-10(15-8)7-12(21-11)13(17)16-9(14(18)19)5-6-20-2/h3-4,7,9H,5-6H2,1-2H3,(H,16,17)(H,18,19). The number of carbonyl (C=O) groups excluding carboxylic acids is 1. The van der Waals surface area contributed by atoms with E-state index >= 15 is 0 Å². The maximum atomic E-state index is 12.0. The lowest BCUT2D eigenvalue weighted by molar-refractivity contribution is -0.139. The molecular formula is C14H16N2O5. The molecule has 0 radical (unpaired) electrons. The summed E-state index contributed by atoms with van der Waals surface area (Å²) in [5.74, 6) is -1.67. The fourth-order valence-corrected chi connectivity index (χ4v) is 1.86. The molecule has 2 rings (SSSR count). The van der Waals surface area contributed by atoms with Gasteiger partial charge in [-0.2, -0.15) is 0 Å². The number of nitrogens with zero attached hydrogens (tertiary/aromatic N) is 1. The topological polar surface area (TPSA) is 102 Å². The fraction of sp³-hybridized carbons (Fsp3) is 0.357. The first-order valence-electron chi connectivity index (χ1n) is 6.41. The number of amides is 1. The second-order valence-corrected chi connectivity index (χ2v) is 4.59. The number of furan rings is 1. The zero-order valence-corrected chi connectivity index (χ0v) is 11.8. The molecule has 2 heterocycles. The molecule has 7 nitrogen and oxygen atoms in total. The van der Waals surface area contributed by atoms with Gasteiger partial charge in [-0.25, -0.2) is 9.78 Å². The first-order valence-corrected chi connectivity index (χ1v) is 6.41. The van der Waals surface area contributed by atoms with Crippen LogP contribution in [0.4, 0.5) is 0 Å². The zero-order chi connectivity index (χ0) is 15.4. The highest BCUT2D eigenvalue weighted by atomic mass is 16.5. The van der Waals surface area contributed by atoms with Crippen molar-refractivity contribution in [2.45, 2.75) is 19.4 Å². The van der Waals surface area contributed by atoms with Gasteiger partial charge >= 0.3 is 5.97 Å². The van der Waals surface area contributed by atoms with Gasteiger partial charge in [0.25, 0.3) is 5.91 Å². The first kappa shape index (κ1) is 15.0. The van der Waals surface area contributed by atoms with Crippen molar-refractivity contribution in [2.75, 3.05) is 13.7 Å². The second-order valence-electron chi connectivity index (χ2n) is 4.59. The number of methoxy groups -OCH3 is 1. The van der Waals surface area contributed by atoms with Crippen LogP contribution in [0.3, 0.4) is 0 Å². The molecule has 0 bridgehead atoms. The van der Waals surface area contributed by atoms with E-state index in [0.29, 0.717) is 11.1 Å². The van der Waals surface area contributed by atoms with E-state index in [2.05, 4.69) is 10.3 Å². The van der Waals surface area contributed by atoms with Crippen LogP contribution in [-0.2, 0) is 9.53 Å². The highest BCUT2D eigenvalue weighted by molar-refractivity contribution is 5.97. The van der Waals surface area contributed by atoms with Crippen molar-refractivity contribution in [3.63, 3.8) is 0 Å². The number of hydrogen-bond acceptors (Lipinski definition) is 5. The molecular weight excluding hydrogens is 276 g/mol. The lowest BCUT2D eigenvalue weighted by atomic mass is 10.2. The van der Waals surface area contributed by atoms with Gasteiger partial charge < -0.3 is 19.6 Å². The van der Waals surface area contributed by atoms with Gasteiger partial charge in [-0.05, 0) is 19.1 Å². The highest BCUT2D eigenvalue weighted by Crippen LogP contribution is 2.17. The molecule has 112 valence electrons. The SMILES string of the molecule is COCCC(NC(=O)c1cc2nc(C)ccc2o1)C(=O)O. The van der Waals surface area contributed by atoms with E-state index < -0.39 is 17.9 Å². The molecule has 1 amide bonds. The van der Waals surface area contributed by atoms with Crippen molar-refractivity contribution in [3.05, 3.63) is 29.7 Å². The highest BCUT2D eigenvalue weighted by Gasteiger charge is 2.22. The summed E-state index contributed by atoms with van der Waals surface area (Å²) in [5.41, 5.74) is 1.84. The van der Waals surface area contributed by atoms with Crippen LogP contribution in [0.25, 0.3) is 11.1 Å². The maximum absolute atomic E-state index is 12.0. The number of aromatic nitrogens is 1. The molecule has 1 unspecified atom stereocenters. The molecule has 2 aromatic heterocycles. The average Bonchev–Trinajstić information content (AvgIpc) is 2.85. The minimum Gasteiger partial charge on any atom is -0.480 e. The third-order valence-electron chi connectivity index (χ3n) is 2.95. The molecule has 0 saturated carbocycles. The van der Waals surface area contributed by atoms with Crippen LogP contribution in [0, 0.1) is 6.92 Å². The van der Waals surface area contributed by atoms with Crippen molar-refractivity contribution < 1.29 is 23.8 Å². The Morgan fingerprint density at radius 1 is 1.48 bits per heavy atom. The Balaban J connectivity index is 2.15. The van der Waals surface area contributed by atoms with Gasteiger partial charge in [0.05, 0.1) is 0 Å². The molecule has 0 aliphatic rings. The number of pyridine rings is 1. The van der Waals surface area contributed by atoms with E-state index in [1.54, 1.807) is 12.1 Å². The van der Waals surface area contributed by atoms with Crippen molar-refractivity contribution in [1.29, 1.82) is 0 Å². The summed E-state index contributed by atoms with van der Waals surface area (Å²) in [5, 5.41) is 11.5. The number of aliphatic carboxylic acids is 1. The number of aryl methyl sites for hydroxylation is 1. The largest absolute Gasteiger partial charge is 0.480 e. The average molecular weight is 292 g/mol. The van der Waals surface area contributed by atoms with Crippen LogP contribution >= 0.6 is 0 Å². The summed E-state index contributed by atoms with van der Waals surface area (Å²) in [4.78, 5) is 27.3. The Morgan fingerprint density at radius 2 is 2.24 bits per heavy atom. The van der Waals surface area contributed by atoms with Gasteiger partial charge in [-0.3, -0.25) is 4.79 Å². The van der Waals surface area contributed by atoms with Crippen LogP contribution in [0.15, 0.2) is 22.6 Å². The fourth-order valence-electron chi connectivity index (χ4n) is 1.86. The number of carbonyl (C=O) groups is 2. The first-order chi connectivity index (χ1) is 10.0. The third kappa shape index (κ3) is 3.57. The Kier molecular flexibility index (Phi) is 4.54. The van der Waals surface area contributed by atoms with Crippen LogP contribution < -0.4 is 5.32 Å². The van der Waals surface area contributed by atoms with Crippen LogP contribution in [0.1, 0.15) is 22.7 Å². The molecule has 7 heteroatoms. The summed E-state index contributed by atoms with van der Waals surface area (Å²) in [7, 11) is 1.47. The molecule has 0 aliphatic heterocycles. The van der Waals surface area contributed by atoms with Crippen LogP contribution in [0.2, 0.25) is 0 Å². The number of hydrogen-bond donors (Lipinski definition) is 2. The maximum Gasteiger partial charge on any atom is 0.326 e. The number of fused-ring (bicyclic) bond motifs is 1. The Bertz CT molecular complexity index is 664. The molecule has 0 fully saturated rings. The van der Waals surface area contributed by atoms with Crippen molar-refractivity contribution >= 4 is 23.0 Å². The van der Waals surface area contributed by atoms with E-state index in [1.165, 1.54) is 13.2 Å². The van der Waals surface area contributed by atoms with Gasteiger partial charge in [0.2, 0.25) is 0 Å². The van der Waals surface area contributed by atoms with E-state index in [-0.39, 0.29) is 18.8 Å². The lowest BCUT2D eigenvalue weighted by Crippen LogP contribution is -2.41. The lowest BCUT2D eigenvalue weighted by Gasteiger charge is -2.12. The number of ether oxygens (including phenoxy) is 1. The molecule has 2 aromatic rings. The summed E-state index contributed by atoms with van der Waals surface area (Å²) < 4.78 is 10.2. The van der Waals surface area contributed by atoms with Gasteiger partial charge in [-0.1, -0.05) is 0 Å². The minimum atomic E-state index is -1.12. The Labute approximate surface area is 120 Å². The molecule has 1 atom stereocenters. The molecule has 2 N–H and O–H groups in total. The number of carboxylic acids is 1. The normalized spacial score (nSPS) is 12.3. The summed E-state index contributed by atoms with van der Waals surface area (Å²) in [6.07, 6.45) is 0.176. The van der Waals surface area contributed by atoms with E-state index in [4.69, 9.17) is 14.3 Å². The molecule has 21 heavy (non-hydrogen) atoms. The predicted molar refractivity (Wildman–Crippen MR) is 74.1 cm³/mol. The summed E-state index contributed by atoms with van der Waals surface area (Å²) >= 11 is 0. The van der Waals surface area contributed by atoms with Crippen LogP contribution in [-0.4, -0.2) is 41.7 Å². The quantitative estimate of drug-likeness (QED) is 0.833. The van der Waals surface area contributed by atoms with Crippen LogP contribution in [0.5, 0.6) is 0 Å². The molecule has 0 spiro atoms. The van der Waals surface area contributed by atoms with E-state index in [9.17, 15) is 9.59 Å². The number of nitrogens with one attached hydrogen (secondary N) is 1. The summed E-state index contributed by atoms with van der Waals surface area (Å²) in [6.45, 7) is 2.06. The molecule has 0 aromatic carbocycles. The van der Waals surface area contributed by atoms with E-state index in [1.807, 2.05) is 6.92 Å². The number of rotatable bonds is 6. The van der Waals surface area contributed by atoms with Crippen molar-refractivity contribution in [3.8, 4) is 0 Å². The smallest absolute Gasteiger partial charge is 0.326 e. The molecule has 0 aliphatic carbocycles. The van der Waals surface area contributed by atoms with Gasteiger partial charge in [0, 0.05) is 31.9 Å². The molecule has 0 saturated heterocycles. The summed E-state index contributed by atoms with van der Waals surface area (Å²) in [6, 6.07) is 3.95. The minimum absolute atomic E-state index is 0.0340. The Hall–Kier alpha value is -2.41. The number of carboxylic acid groups (broad SMARTS) is 1. The monoisotopic (exact) mass is 292 g/mol. The predicted octanol–water partition coefficient (Wildman–Crippen LogP) is 1.36. The second kappa shape index (κ2) is 6.36. The zero-order valence-electron chi connectivity index (χ0n) is 11.8. The van der Waals surface area contributed by atoms with Gasteiger partial charge in [-0.15, -0.1) is 0 Å².